The lowest BCUT2D eigenvalue weighted by Gasteiger charge is -2.24. The normalized spacial score (nSPS) is 13.2. The van der Waals surface area contributed by atoms with Crippen LogP contribution in [0.2, 0.25) is 0 Å². The highest BCUT2D eigenvalue weighted by molar-refractivity contribution is 4.65. The fourth-order valence-electron chi connectivity index (χ4n) is 2.46. The minimum atomic E-state index is 0.290. The van der Waals surface area contributed by atoms with Crippen LogP contribution < -0.4 is 0 Å². The first kappa shape index (κ1) is 19.9. The molecule has 0 aromatic carbocycles. The number of hydrogen-bond donors (Lipinski definition) is 1. The van der Waals surface area contributed by atoms with Crippen LogP contribution in [0, 0.1) is 10.8 Å². The summed E-state index contributed by atoms with van der Waals surface area (Å²) in [5.41, 5.74) is 0.906. The van der Waals surface area contributed by atoms with Gasteiger partial charge in [-0.2, -0.15) is 0 Å². The average Bonchev–Trinajstić information content (AvgIpc) is 2.27. The zero-order chi connectivity index (χ0) is 15.6. The van der Waals surface area contributed by atoms with E-state index in [0.717, 1.165) is 19.6 Å². The molecule has 2 heteroatoms. The van der Waals surface area contributed by atoms with E-state index in [4.69, 9.17) is 5.11 Å². The highest BCUT2D eigenvalue weighted by Gasteiger charge is 2.12. The maximum absolute atomic E-state index is 9.17. The Kier molecular flexibility index (Phi) is 9.74. The molecular weight excluding hydrogens is 246 g/mol. The van der Waals surface area contributed by atoms with E-state index < -0.39 is 0 Å². The van der Waals surface area contributed by atoms with Gasteiger partial charge >= 0.3 is 0 Å². The number of unbranched alkanes of at least 4 members (excludes halogenated alkanes) is 2. The molecule has 2 nitrogen and oxygen atoms in total. The highest BCUT2D eigenvalue weighted by atomic mass is 16.3. The van der Waals surface area contributed by atoms with Gasteiger partial charge in [0.2, 0.25) is 0 Å². The Morgan fingerprint density at radius 2 is 1.05 bits per heavy atom. The quantitative estimate of drug-likeness (QED) is 0.587. The van der Waals surface area contributed by atoms with Crippen LogP contribution in [0.1, 0.15) is 80.1 Å². The van der Waals surface area contributed by atoms with E-state index in [1.807, 2.05) is 0 Å². The van der Waals surface area contributed by atoms with Crippen molar-refractivity contribution in [3.63, 3.8) is 0 Å². The molecule has 0 bridgehead atoms. The fourth-order valence-corrected chi connectivity index (χ4v) is 2.46. The molecule has 0 saturated heterocycles. The predicted molar refractivity (Wildman–Crippen MR) is 90.1 cm³/mol. The van der Waals surface area contributed by atoms with Gasteiger partial charge < -0.3 is 10.0 Å². The number of rotatable bonds is 10. The maximum Gasteiger partial charge on any atom is 0.0558 e. The van der Waals surface area contributed by atoms with Gasteiger partial charge in [0.1, 0.15) is 0 Å². The van der Waals surface area contributed by atoms with Crippen molar-refractivity contribution < 1.29 is 5.11 Å². The lowest BCUT2D eigenvalue weighted by Crippen LogP contribution is -2.29. The first-order chi connectivity index (χ1) is 9.14. The second kappa shape index (κ2) is 9.78. The summed E-state index contributed by atoms with van der Waals surface area (Å²) in [5, 5.41) is 9.17. The SMILES string of the molecule is CC(C)(C)CCCCN(CCO)CCCCC(C)(C)C. The minimum absolute atomic E-state index is 0.290. The van der Waals surface area contributed by atoms with Crippen molar-refractivity contribution in [1.82, 2.24) is 4.90 Å². The molecule has 0 aliphatic carbocycles. The molecule has 0 atom stereocenters. The van der Waals surface area contributed by atoms with E-state index in [0.29, 0.717) is 17.4 Å². The molecule has 0 heterocycles. The molecule has 0 aromatic heterocycles. The van der Waals surface area contributed by atoms with Crippen molar-refractivity contribution in [2.45, 2.75) is 80.1 Å². The molecule has 122 valence electrons. The first-order valence-electron chi connectivity index (χ1n) is 8.47. The molecule has 20 heavy (non-hydrogen) atoms. The number of nitrogens with zero attached hydrogens (tertiary/aromatic N) is 1. The third-order valence-corrected chi connectivity index (χ3v) is 3.72. The third-order valence-electron chi connectivity index (χ3n) is 3.72. The van der Waals surface area contributed by atoms with Crippen molar-refractivity contribution in [2.24, 2.45) is 10.8 Å². The zero-order valence-electron chi connectivity index (χ0n) is 15.0. The summed E-state index contributed by atoms with van der Waals surface area (Å²) in [4.78, 5) is 2.44. The molecule has 0 saturated carbocycles. The Balaban J connectivity index is 3.76. The zero-order valence-corrected chi connectivity index (χ0v) is 15.0. The Labute approximate surface area is 127 Å². The lowest BCUT2D eigenvalue weighted by molar-refractivity contribution is 0.186. The predicted octanol–water partition coefficient (Wildman–Crippen LogP) is 4.71. The van der Waals surface area contributed by atoms with Crippen LogP contribution in [0.5, 0.6) is 0 Å². The monoisotopic (exact) mass is 285 g/mol. The summed E-state index contributed by atoms with van der Waals surface area (Å²) in [6.07, 6.45) is 7.71. The topological polar surface area (TPSA) is 23.5 Å². The van der Waals surface area contributed by atoms with E-state index in [1.54, 1.807) is 0 Å². The van der Waals surface area contributed by atoms with Crippen LogP contribution in [0.15, 0.2) is 0 Å². The molecule has 0 aromatic rings. The summed E-state index contributed by atoms with van der Waals surface area (Å²) in [6.45, 7) is 17.3. The standard InChI is InChI=1S/C18H39NO/c1-17(2,3)11-7-9-13-19(15-16-20)14-10-8-12-18(4,5)6/h20H,7-16H2,1-6H3. The molecule has 0 aliphatic heterocycles. The minimum Gasteiger partial charge on any atom is -0.395 e. The van der Waals surface area contributed by atoms with Crippen molar-refractivity contribution >= 4 is 0 Å². The molecule has 0 unspecified atom stereocenters. The van der Waals surface area contributed by atoms with Gasteiger partial charge in [-0.05, 0) is 49.6 Å². The first-order valence-corrected chi connectivity index (χ1v) is 8.47. The second-order valence-electron chi connectivity index (χ2n) is 8.60. The maximum atomic E-state index is 9.17. The van der Waals surface area contributed by atoms with Gasteiger partial charge in [-0.15, -0.1) is 0 Å². The molecular formula is C18H39NO. The summed E-state index contributed by atoms with van der Waals surface area (Å²) in [6, 6.07) is 0. The highest BCUT2D eigenvalue weighted by Crippen LogP contribution is 2.22. The Morgan fingerprint density at radius 3 is 1.35 bits per heavy atom. The fraction of sp³-hybridized carbons (Fsp3) is 1.00. The molecule has 0 aliphatic rings. The van der Waals surface area contributed by atoms with E-state index in [1.165, 1.54) is 38.5 Å². The molecule has 0 amide bonds. The number of aliphatic hydroxyl groups is 1. The number of aliphatic hydroxyl groups excluding tert-OH is 1. The van der Waals surface area contributed by atoms with Gasteiger partial charge in [0.25, 0.3) is 0 Å². The van der Waals surface area contributed by atoms with Crippen molar-refractivity contribution in [2.75, 3.05) is 26.2 Å². The van der Waals surface area contributed by atoms with Crippen LogP contribution in [0.25, 0.3) is 0 Å². The summed E-state index contributed by atoms with van der Waals surface area (Å²) in [7, 11) is 0. The van der Waals surface area contributed by atoms with E-state index in [-0.39, 0.29) is 0 Å². The van der Waals surface area contributed by atoms with E-state index in [2.05, 4.69) is 46.4 Å². The summed E-state index contributed by atoms with van der Waals surface area (Å²) >= 11 is 0. The largest absolute Gasteiger partial charge is 0.395 e. The Hall–Kier alpha value is -0.0800. The van der Waals surface area contributed by atoms with Crippen LogP contribution in [0.3, 0.4) is 0 Å². The Bertz CT molecular complexity index is 203. The number of hydrogen-bond acceptors (Lipinski definition) is 2. The van der Waals surface area contributed by atoms with Gasteiger partial charge in [-0.1, -0.05) is 54.4 Å². The molecule has 0 fully saturated rings. The molecule has 0 rings (SSSR count). The van der Waals surface area contributed by atoms with Gasteiger partial charge in [0.15, 0.2) is 0 Å². The summed E-state index contributed by atoms with van der Waals surface area (Å²) in [5.74, 6) is 0. The van der Waals surface area contributed by atoms with Crippen molar-refractivity contribution in [3.05, 3.63) is 0 Å². The van der Waals surface area contributed by atoms with Gasteiger partial charge in [0.05, 0.1) is 6.61 Å². The molecule has 0 spiro atoms. The van der Waals surface area contributed by atoms with Crippen molar-refractivity contribution in [1.29, 1.82) is 0 Å². The van der Waals surface area contributed by atoms with E-state index >= 15 is 0 Å². The molecule has 1 N–H and O–H groups in total. The van der Waals surface area contributed by atoms with Gasteiger partial charge in [-0.3, -0.25) is 0 Å². The van der Waals surface area contributed by atoms with Crippen LogP contribution in [-0.2, 0) is 0 Å². The summed E-state index contributed by atoms with van der Waals surface area (Å²) < 4.78 is 0. The lowest BCUT2D eigenvalue weighted by atomic mass is 9.89. The Morgan fingerprint density at radius 1 is 0.650 bits per heavy atom. The van der Waals surface area contributed by atoms with Crippen LogP contribution in [-0.4, -0.2) is 36.2 Å². The van der Waals surface area contributed by atoms with Crippen LogP contribution in [0.4, 0.5) is 0 Å². The molecule has 0 radical (unpaired) electrons. The average molecular weight is 286 g/mol. The van der Waals surface area contributed by atoms with Gasteiger partial charge in [0, 0.05) is 6.54 Å². The van der Waals surface area contributed by atoms with Gasteiger partial charge in [-0.25, -0.2) is 0 Å². The third kappa shape index (κ3) is 14.3. The van der Waals surface area contributed by atoms with Crippen LogP contribution >= 0.6 is 0 Å². The second-order valence-corrected chi connectivity index (χ2v) is 8.60. The van der Waals surface area contributed by atoms with E-state index in [9.17, 15) is 0 Å². The van der Waals surface area contributed by atoms with Crippen molar-refractivity contribution in [3.8, 4) is 0 Å². The smallest absolute Gasteiger partial charge is 0.0558 e.